The molecule has 4 heteroatoms. The number of hydrogen-bond acceptors (Lipinski definition) is 2. The summed E-state index contributed by atoms with van der Waals surface area (Å²) in [6, 6.07) is 2.04. The van der Waals surface area contributed by atoms with E-state index >= 15 is 0 Å². The van der Waals surface area contributed by atoms with Crippen LogP contribution in [0.25, 0.3) is 5.70 Å². The Morgan fingerprint density at radius 1 is 1.44 bits per heavy atom. The van der Waals surface area contributed by atoms with Crippen LogP contribution in [0.3, 0.4) is 0 Å². The molecule has 0 aliphatic carbocycles. The molecule has 0 fully saturated rings. The number of rotatable bonds is 2. The van der Waals surface area contributed by atoms with E-state index in [1.165, 1.54) is 0 Å². The van der Waals surface area contributed by atoms with Crippen LogP contribution in [0.5, 0.6) is 0 Å². The van der Waals surface area contributed by atoms with Gasteiger partial charge in [0.1, 0.15) is 0 Å². The average Bonchev–Trinajstić information content (AvgIpc) is 2.74. The van der Waals surface area contributed by atoms with Crippen molar-refractivity contribution in [1.29, 1.82) is 0 Å². The van der Waals surface area contributed by atoms with Crippen LogP contribution in [-0.4, -0.2) is 15.5 Å². The van der Waals surface area contributed by atoms with Crippen LogP contribution in [0.4, 0.5) is 0 Å². The molecule has 0 N–H and O–H groups in total. The summed E-state index contributed by atoms with van der Waals surface area (Å²) in [5, 5.41) is 4.48. The molecule has 2 heterocycles. The molecule has 16 heavy (non-hydrogen) atoms. The van der Waals surface area contributed by atoms with Crippen LogP contribution in [0, 0.1) is 11.6 Å². The molecule has 1 aliphatic heterocycles. The fraction of sp³-hybridized carbons (Fsp3) is 0.500. The second-order valence-corrected chi connectivity index (χ2v) is 4.39. The van der Waals surface area contributed by atoms with E-state index < -0.39 is 0 Å². The van der Waals surface area contributed by atoms with Crippen molar-refractivity contribution in [2.24, 2.45) is 10.4 Å². The molecule has 1 aromatic rings. The average molecular weight is 394 g/mol. The molecule has 0 amide bonds. The van der Waals surface area contributed by atoms with Crippen molar-refractivity contribution in [1.82, 2.24) is 9.78 Å². The van der Waals surface area contributed by atoms with Gasteiger partial charge in [0.2, 0.25) is 0 Å². The maximum atomic E-state index is 4.48. The number of aryl methyl sites for hydroxylation is 1. The minimum atomic E-state index is -0.0585. The number of allylic oxidation sites excluding steroid dienone is 1. The van der Waals surface area contributed by atoms with Gasteiger partial charge in [-0.3, -0.25) is 4.68 Å². The minimum Gasteiger partial charge on any atom is -0.458 e. The van der Waals surface area contributed by atoms with E-state index in [-0.39, 0.29) is 25.5 Å². The van der Waals surface area contributed by atoms with E-state index in [4.69, 9.17) is 0 Å². The van der Waals surface area contributed by atoms with Crippen molar-refractivity contribution in [2.75, 3.05) is 0 Å². The number of aromatic nitrogens is 2. The third-order valence-corrected chi connectivity index (χ3v) is 3.06. The summed E-state index contributed by atoms with van der Waals surface area (Å²) in [4.78, 5) is 4.25. The molecule has 1 radical (unpaired) electrons. The van der Waals surface area contributed by atoms with E-state index in [2.05, 4.69) is 37.1 Å². The normalized spacial score (nSPS) is 17.8. The SMILES string of the molecule is CCc1ccn(C2=[C-]N=C(C)C2(C)C)n1.[Ir]. The van der Waals surface area contributed by atoms with Gasteiger partial charge in [0.05, 0.1) is 5.69 Å². The van der Waals surface area contributed by atoms with Crippen molar-refractivity contribution in [3.8, 4) is 0 Å². The Balaban J connectivity index is 0.00000128. The molecule has 1 aliphatic rings. The van der Waals surface area contributed by atoms with Crippen molar-refractivity contribution >= 4 is 11.4 Å². The molecule has 0 aromatic carbocycles. The second-order valence-electron chi connectivity index (χ2n) is 4.39. The van der Waals surface area contributed by atoms with E-state index in [1.807, 2.05) is 23.9 Å². The first-order valence-corrected chi connectivity index (χ1v) is 5.29. The zero-order valence-electron chi connectivity index (χ0n) is 10.0. The quantitative estimate of drug-likeness (QED) is 0.709. The molecule has 0 spiro atoms. The largest absolute Gasteiger partial charge is 0.458 e. The van der Waals surface area contributed by atoms with Crippen molar-refractivity contribution in [3.63, 3.8) is 0 Å². The standard InChI is InChI=1S/C12H16N3.Ir/c1-5-10-6-7-15(14-10)11-8-13-9(2)12(11,3)4;/h6-7H,5H2,1-4H3;/q-1;. The molecule has 0 unspecified atom stereocenters. The summed E-state index contributed by atoms with van der Waals surface area (Å²) in [5.41, 5.74) is 3.16. The van der Waals surface area contributed by atoms with Crippen LogP contribution in [0.1, 0.15) is 33.4 Å². The van der Waals surface area contributed by atoms with E-state index in [0.717, 1.165) is 23.5 Å². The predicted molar refractivity (Wildman–Crippen MR) is 61.4 cm³/mol. The summed E-state index contributed by atoms with van der Waals surface area (Å²) < 4.78 is 1.89. The number of nitrogens with zero attached hydrogens (tertiary/aromatic N) is 3. The van der Waals surface area contributed by atoms with Crippen LogP contribution in [0.2, 0.25) is 0 Å². The third kappa shape index (κ3) is 2.04. The third-order valence-electron chi connectivity index (χ3n) is 3.06. The van der Waals surface area contributed by atoms with Gasteiger partial charge < -0.3 is 4.99 Å². The summed E-state index contributed by atoms with van der Waals surface area (Å²) >= 11 is 0. The van der Waals surface area contributed by atoms with E-state index in [9.17, 15) is 0 Å². The van der Waals surface area contributed by atoms with Gasteiger partial charge >= 0.3 is 0 Å². The molecular weight excluding hydrogens is 378 g/mol. The first kappa shape index (κ1) is 13.3. The van der Waals surface area contributed by atoms with Crippen LogP contribution < -0.4 is 0 Å². The van der Waals surface area contributed by atoms with Crippen molar-refractivity contribution < 1.29 is 20.1 Å². The monoisotopic (exact) mass is 395 g/mol. The van der Waals surface area contributed by atoms with Gasteiger partial charge in [0.25, 0.3) is 0 Å². The zero-order chi connectivity index (χ0) is 11.1. The van der Waals surface area contributed by atoms with Gasteiger partial charge in [0.15, 0.2) is 0 Å². The van der Waals surface area contributed by atoms with Gasteiger partial charge in [-0.25, -0.2) is 0 Å². The van der Waals surface area contributed by atoms with Gasteiger partial charge in [-0.15, -0.1) is 11.9 Å². The molecule has 0 saturated heterocycles. The van der Waals surface area contributed by atoms with E-state index in [1.54, 1.807) is 0 Å². The molecule has 1 aromatic heterocycles. The van der Waals surface area contributed by atoms with Gasteiger partial charge in [-0.05, 0) is 23.6 Å². The maximum absolute atomic E-state index is 4.48. The summed E-state index contributed by atoms with van der Waals surface area (Å²) in [5.74, 6) is 0. The first-order valence-electron chi connectivity index (χ1n) is 5.29. The summed E-state index contributed by atoms with van der Waals surface area (Å²) in [6.07, 6.45) is 6.00. The van der Waals surface area contributed by atoms with Crippen LogP contribution >= 0.6 is 0 Å². The molecule has 89 valence electrons. The molecule has 0 bridgehead atoms. The summed E-state index contributed by atoms with van der Waals surface area (Å²) in [6.45, 7) is 8.43. The minimum absolute atomic E-state index is 0. The van der Waals surface area contributed by atoms with E-state index in [0.29, 0.717) is 0 Å². The molecule has 0 atom stereocenters. The zero-order valence-corrected chi connectivity index (χ0v) is 12.4. The second kappa shape index (κ2) is 4.64. The Bertz CT molecular complexity index is 441. The maximum Gasteiger partial charge on any atom is 0.0625 e. The molecule has 3 nitrogen and oxygen atoms in total. The number of aliphatic imine (C=N–C) groups is 1. The Kier molecular flexibility index (Phi) is 3.87. The molecule has 0 saturated carbocycles. The first-order chi connectivity index (χ1) is 7.05. The van der Waals surface area contributed by atoms with Gasteiger partial charge in [-0.1, -0.05) is 27.7 Å². The van der Waals surface area contributed by atoms with Crippen molar-refractivity contribution in [3.05, 3.63) is 24.2 Å². The fourth-order valence-electron chi connectivity index (χ4n) is 1.60. The van der Waals surface area contributed by atoms with Crippen LogP contribution in [0.15, 0.2) is 17.3 Å². The Morgan fingerprint density at radius 2 is 2.12 bits per heavy atom. The van der Waals surface area contributed by atoms with Gasteiger partial charge in [-0.2, -0.15) is 5.10 Å². The Labute approximate surface area is 110 Å². The smallest absolute Gasteiger partial charge is 0.0625 e. The summed E-state index contributed by atoms with van der Waals surface area (Å²) in [7, 11) is 0. The molecular formula is C12H16IrN3-. The topological polar surface area (TPSA) is 30.2 Å². The predicted octanol–water partition coefficient (Wildman–Crippen LogP) is 2.55. The molecule has 2 rings (SSSR count). The van der Waals surface area contributed by atoms with Crippen LogP contribution in [-0.2, 0) is 26.5 Å². The Hall–Kier alpha value is -0.731. The Morgan fingerprint density at radius 3 is 2.56 bits per heavy atom. The van der Waals surface area contributed by atoms with Gasteiger partial charge in [0, 0.05) is 26.3 Å². The fourth-order valence-corrected chi connectivity index (χ4v) is 1.60. The van der Waals surface area contributed by atoms with Crippen molar-refractivity contribution in [2.45, 2.75) is 34.1 Å². The number of hydrogen-bond donors (Lipinski definition) is 0.